The van der Waals surface area contributed by atoms with Gasteiger partial charge in [-0.25, -0.2) is 14.4 Å². The smallest absolute Gasteiger partial charge is 0.272 e. The van der Waals surface area contributed by atoms with E-state index in [4.69, 9.17) is 0 Å². The van der Waals surface area contributed by atoms with Gasteiger partial charge >= 0.3 is 0 Å². The summed E-state index contributed by atoms with van der Waals surface area (Å²) < 4.78 is 13.2. The number of nitrogens with zero attached hydrogens (tertiary/aromatic N) is 3. The molecule has 2 amide bonds. The Kier molecular flexibility index (Phi) is 7.39. The number of allylic oxidation sites excluding steroid dienone is 5. The third kappa shape index (κ3) is 5.27. The first-order valence-electron chi connectivity index (χ1n) is 11.1. The number of anilines is 1. The van der Waals surface area contributed by atoms with E-state index >= 15 is 0 Å². The van der Waals surface area contributed by atoms with Crippen LogP contribution in [0.1, 0.15) is 51.1 Å². The number of ketones is 1. The first-order valence-corrected chi connectivity index (χ1v) is 11.1. The Morgan fingerprint density at radius 1 is 1.32 bits per heavy atom. The second-order valence-corrected chi connectivity index (χ2v) is 8.53. The topological polar surface area (TPSA) is 92.3 Å². The number of pyridine rings is 2. The molecule has 1 fully saturated rings. The van der Waals surface area contributed by atoms with Gasteiger partial charge < -0.3 is 10.2 Å². The maximum absolute atomic E-state index is 13.2. The van der Waals surface area contributed by atoms with Crippen molar-refractivity contribution in [1.29, 1.82) is 0 Å². The molecule has 3 rings (SSSR count). The minimum Gasteiger partial charge on any atom is -0.343 e. The van der Waals surface area contributed by atoms with Crippen molar-refractivity contribution in [3.63, 3.8) is 0 Å². The summed E-state index contributed by atoms with van der Waals surface area (Å²) in [6.07, 6.45) is 4.59. The number of fused-ring (bicyclic) bond motifs is 1. The first-order chi connectivity index (χ1) is 16.1. The molecule has 0 unspecified atom stereocenters. The summed E-state index contributed by atoms with van der Waals surface area (Å²) in [7, 11) is 3.28. The average Bonchev–Trinajstić information content (AvgIpc) is 3.54. The van der Waals surface area contributed by atoms with E-state index in [2.05, 4.69) is 21.9 Å². The molecule has 2 aromatic heterocycles. The van der Waals surface area contributed by atoms with E-state index < -0.39 is 18.0 Å². The molecule has 2 atom stereocenters. The predicted octanol–water partition coefficient (Wildman–Crippen LogP) is 4.76. The summed E-state index contributed by atoms with van der Waals surface area (Å²) in [5.74, 6) is -1.16. The molecular formula is C26H31FN4O3. The lowest BCUT2D eigenvalue weighted by Gasteiger charge is -2.17. The molecule has 0 aliphatic heterocycles. The van der Waals surface area contributed by atoms with Gasteiger partial charge in [-0.3, -0.25) is 14.4 Å². The fourth-order valence-corrected chi connectivity index (χ4v) is 3.61. The number of nitrogens with one attached hydrogen (secondary N) is 1. The molecule has 0 aromatic carbocycles. The number of carbonyl (C=O) groups is 3. The summed E-state index contributed by atoms with van der Waals surface area (Å²) in [5, 5.41) is 3.28. The Morgan fingerprint density at radius 2 is 2.00 bits per heavy atom. The van der Waals surface area contributed by atoms with E-state index in [9.17, 15) is 18.8 Å². The van der Waals surface area contributed by atoms with E-state index in [1.165, 1.54) is 4.90 Å². The van der Waals surface area contributed by atoms with Crippen LogP contribution in [0.25, 0.3) is 16.5 Å². The van der Waals surface area contributed by atoms with Crippen molar-refractivity contribution in [1.82, 2.24) is 14.9 Å². The van der Waals surface area contributed by atoms with Gasteiger partial charge in [0.15, 0.2) is 5.78 Å². The molecule has 2 aromatic rings. The van der Waals surface area contributed by atoms with Crippen LogP contribution in [0.15, 0.2) is 48.2 Å². The summed E-state index contributed by atoms with van der Waals surface area (Å²) in [6.45, 7) is 9.33. The highest BCUT2D eigenvalue weighted by molar-refractivity contribution is 6.03. The molecule has 1 saturated carbocycles. The molecule has 2 heterocycles. The summed E-state index contributed by atoms with van der Waals surface area (Å²) in [4.78, 5) is 47.4. The highest BCUT2D eigenvalue weighted by Crippen LogP contribution is 2.35. The predicted molar refractivity (Wildman–Crippen MR) is 133 cm³/mol. The molecule has 180 valence electrons. The van der Waals surface area contributed by atoms with Gasteiger partial charge in [-0.2, -0.15) is 0 Å². The van der Waals surface area contributed by atoms with Crippen LogP contribution >= 0.6 is 0 Å². The van der Waals surface area contributed by atoms with E-state index in [0.29, 0.717) is 28.5 Å². The number of carbonyl (C=O) groups excluding carboxylic acids is 3. The quantitative estimate of drug-likeness (QED) is 0.447. The molecule has 1 N–H and O–H groups in total. The third-order valence-electron chi connectivity index (χ3n) is 5.68. The molecule has 0 bridgehead atoms. The summed E-state index contributed by atoms with van der Waals surface area (Å²) in [6, 6.07) is 3.38. The molecule has 8 heteroatoms. The average molecular weight is 467 g/mol. The van der Waals surface area contributed by atoms with Gasteiger partial charge in [0, 0.05) is 50.7 Å². The number of halogens is 1. The van der Waals surface area contributed by atoms with Crippen molar-refractivity contribution in [2.45, 2.75) is 39.8 Å². The van der Waals surface area contributed by atoms with Gasteiger partial charge in [-0.15, -0.1) is 0 Å². The number of hydrogen-bond acceptors (Lipinski definition) is 5. The fraction of sp³-hybridized carbons (Fsp3) is 0.346. The Balaban J connectivity index is 0.00000432. The molecule has 1 aliphatic carbocycles. The summed E-state index contributed by atoms with van der Waals surface area (Å²) in [5.41, 5.74) is 3.18. The minimum atomic E-state index is -1.11. The standard InChI is InChI=1S/C26H29FN4O3.H2/c1-7-17(14(3)9-15(4)22(32)8-2)18-10-16-13-28-23(30-25(33)19-11-20(19)27)12-21(16)29-24(18)26(34)31(5)6;/h7,9-10,12-13,19-20H,4,8,11H2,1-3,5-6H3,(H,28,30,33);1H/b14-9-,17-7+;/t19-,20+;/m0./s1. The molecule has 34 heavy (non-hydrogen) atoms. The molecule has 0 spiro atoms. The van der Waals surface area contributed by atoms with Gasteiger partial charge in [0.05, 0.1) is 11.4 Å². The number of rotatable bonds is 8. The second-order valence-electron chi connectivity index (χ2n) is 8.53. The molecule has 7 nitrogen and oxygen atoms in total. The number of alkyl halides is 1. The van der Waals surface area contributed by atoms with Crippen LogP contribution < -0.4 is 5.32 Å². The van der Waals surface area contributed by atoms with Gasteiger partial charge in [0.25, 0.3) is 5.91 Å². The lowest BCUT2D eigenvalue weighted by molar-refractivity contribution is -0.117. The molecule has 1 aliphatic rings. The van der Waals surface area contributed by atoms with Gasteiger partial charge in [-0.1, -0.05) is 19.6 Å². The maximum atomic E-state index is 13.2. The Morgan fingerprint density at radius 3 is 2.56 bits per heavy atom. The normalized spacial score (nSPS) is 17.9. The van der Waals surface area contributed by atoms with Crippen molar-refractivity contribution >= 4 is 39.9 Å². The Bertz CT molecular complexity index is 1250. The molecule has 0 radical (unpaired) electrons. The van der Waals surface area contributed by atoms with Crippen molar-refractivity contribution in [2.75, 3.05) is 19.4 Å². The fourth-order valence-electron chi connectivity index (χ4n) is 3.61. The minimum absolute atomic E-state index is 0. The molecular weight excluding hydrogens is 435 g/mol. The van der Waals surface area contributed by atoms with Crippen LogP contribution in [0.4, 0.5) is 10.2 Å². The van der Waals surface area contributed by atoms with Gasteiger partial charge in [-0.05, 0) is 43.6 Å². The summed E-state index contributed by atoms with van der Waals surface area (Å²) >= 11 is 0. The second kappa shape index (κ2) is 10.1. The zero-order valence-corrected chi connectivity index (χ0v) is 20.1. The number of aromatic nitrogens is 2. The third-order valence-corrected chi connectivity index (χ3v) is 5.68. The van der Waals surface area contributed by atoms with Crippen molar-refractivity contribution in [2.24, 2.45) is 5.92 Å². The van der Waals surface area contributed by atoms with Crippen molar-refractivity contribution < 1.29 is 20.2 Å². The van der Waals surface area contributed by atoms with Crippen molar-refractivity contribution in [3.05, 3.63) is 59.5 Å². The molecule has 0 saturated heterocycles. The first kappa shape index (κ1) is 25.0. The van der Waals surface area contributed by atoms with Gasteiger partial charge in [0.2, 0.25) is 5.91 Å². The van der Waals surface area contributed by atoms with Crippen LogP contribution in [0, 0.1) is 5.92 Å². The van der Waals surface area contributed by atoms with Crippen LogP contribution in [0.5, 0.6) is 0 Å². The largest absolute Gasteiger partial charge is 0.343 e. The van der Waals surface area contributed by atoms with E-state index in [-0.39, 0.29) is 31.0 Å². The SMILES string of the molecule is C=C(/C=C(C)\C(=C/C)c1cc2cnc(NC(=O)[C@H]3C[C@H]3F)cc2nc1C(=O)N(C)C)C(=O)CC.[HH]. The zero-order valence-electron chi connectivity index (χ0n) is 20.1. The lowest BCUT2D eigenvalue weighted by Crippen LogP contribution is -2.24. The Labute approximate surface area is 199 Å². The van der Waals surface area contributed by atoms with Crippen LogP contribution in [-0.2, 0) is 9.59 Å². The lowest BCUT2D eigenvalue weighted by atomic mass is 9.93. The van der Waals surface area contributed by atoms with Crippen LogP contribution in [0.2, 0.25) is 0 Å². The number of hydrogen-bond donors (Lipinski definition) is 1. The van der Waals surface area contributed by atoms with Crippen LogP contribution in [0.3, 0.4) is 0 Å². The van der Waals surface area contributed by atoms with E-state index in [1.54, 1.807) is 39.4 Å². The Hall–Kier alpha value is -3.68. The highest BCUT2D eigenvalue weighted by atomic mass is 19.1. The van der Waals surface area contributed by atoms with Crippen LogP contribution in [-0.4, -0.2) is 52.7 Å². The van der Waals surface area contributed by atoms with E-state index in [0.717, 1.165) is 11.1 Å². The monoisotopic (exact) mass is 466 g/mol. The van der Waals surface area contributed by atoms with Gasteiger partial charge in [0.1, 0.15) is 17.7 Å². The number of amides is 2. The van der Waals surface area contributed by atoms with E-state index in [1.807, 2.05) is 26.0 Å². The maximum Gasteiger partial charge on any atom is 0.272 e. The van der Waals surface area contributed by atoms with Crippen molar-refractivity contribution in [3.8, 4) is 0 Å². The zero-order chi connectivity index (χ0) is 25.2. The number of Topliss-reactive ketones (excluding diaryl/α,β-unsaturated/α-hetero) is 1. The highest BCUT2D eigenvalue weighted by Gasteiger charge is 2.43.